The number of nitriles is 1. The van der Waals surface area contributed by atoms with E-state index in [-0.39, 0.29) is 20.9 Å². The lowest BCUT2D eigenvalue weighted by Gasteiger charge is -2.00. The minimum absolute atomic E-state index is 0.0223. The number of pyridine rings is 1. The molecule has 9 heteroatoms. The second kappa shape index (κ2) is 6.60. The molecule has 2 aromatic heterocycles. The van der Waals surface area contributed by atoms with Crippen molar-refractivity contribution < 1.29 is 17.9 Å². The number of furan rings is 1. The fourth-order valence-corrected chi connectivity index (χ4v) is 2.98. The molecule has 8 nitrogen and oxygen atoms in total. The molecule has 0 saturated heterocycles. The zero-order valence-corrected chi connectivity index (χ0v) is 14.6. The van der Waals surface area contributed by atoms with Crippen molar-refractivity contribution in [2.75, 3.05) is 0 Å². The molecule has 3 rings (SSSR count). The van der Waals surface area contributed by atoms with Gasteiger partial charge < -0.3 is 9.52 Å². The van der Waals surface area contributed by atoms with E-state index in [1.54, 1.807) is 18.2 Å². The number of aromatic amines is 1. The van der Waals surface area contributed by atoms with Crippen LogP contribution in [0.25, 0.3) is 24.0 Å². The summed E-state index contributed by atoms with van der Waals surface area (Å²) in [6.45, 7) is 3.66. The van der Waals surface area contributed by atoms with E-state index in [0.29, 0.717) is 17.1 Å². The Hall–Kier alpha value is -3.61. The molecule has 0 atom stereocenters. The van der Waals surface area contributed by atoms with Crippen molar-refractivity contribution in [1.29, 1.82) is 5.26 Å². The zero-order valence-electron chi connectivity index (χ0n) is 13.8. The Balaban J connectivity index is 2.06. The summed E-state index contributed by atoms with van der Waals surface area (Å²) in [5.74, 6) is 0.203. The van der Waals surface area contributed by atoms with Gasteiger partial charge in [-0.3, -0.25) is 9.78 Å². The van der Waals surface area contributed by atoms with Crippen LogP contribution in [0.1, 0.15) is 11.3 Å². The summed E-state index contributed by atoms with van der Waals surface area (Å²) in [6, 6.07) is 10.8. The molecule has 0 radical (unpaired) electrons. The number of aromatic hydroxyl groups is 1. The van der Waals surface area contributed by atoms with E-state index in [1.165, 1.54) is 30.3 Å². The van der Waals surface area contributed by atoms with Gasteiger partial charge in [-0.15, -0.1) is 0 Å². The van der Waals surface area contributed by atoms with Gasteiger partial charge in [-0.2, -0.15) is 5.26 Å². The van der Waals surface area contributed by atoms with E-state index < -0.39 is 21.5 Å². The fraction of sp³-hybridized carbons (Fsp3) is 0. The first-order valence-corrected chi connectivity index (χ1v) is 9.04. The first-order chi connectivity index (χ1) is 12.7. The third-order valence-electron chi connectivity index (χ3n) is 3.83. The fourth-order valence-electron chi connectivity index (χ4n) is 2.46. The molecule has 0 amide bonds. The van der Waals surface area contributed by atoms with E-state index in [1.807, 2.05) is 0 Å². The highest BCUT2D eigenvalue weighted by atomic mass is 32.2. The highest BCUT2D eigenvalue weighted by Crippen LogP contribution is 2.23. The molecular weight excluding hydrogens is 370 g/mol. The molecule has 0 fully saturated rings. The third kappa shape index (κ3) is 3.52. The summed E-state index contributed by atoms with van der Waals surface area (Å²) < 4.78 is 28.2. The van der Waals surface area contributed by atoms with Gasteiger partial charge in [-0.25, -0.2) is 13.6 Å². The summed E-state index contributed by atoms with van der Waals surface area (Å²) >= 11 is 0. The zero-order chi connectivity index (χ0) is 19.8. The Morgan fingerprint density at radius 3 is 2.48 bits per heavy atom. The number of rotatable bonds is 3. The average molecular weight is 383 g/mol. The Morgan fingerprint density at radius 1 is 1.22 bits per heavy atom. The van der Waals surface area contributed by atoms with Gasteiger partial charge in [0.2, 0.25) is 15.9 Å². The van der Waals surface area contributed by atoms with Gasteiger partial charge in [0.05, 0.1) is 10.1 Å². The number of nitrogens with one attached hydrogen (secondary N) is 1. The second-order valence-electron chi connectivity index (χ2n) is 5.60. The average Bonchev–Trinajstić information content (AvgIpc) is 3.07. The lowest BCUT2D eigenvalue weighted by Crippen LogP contribution is -2.41. The van der Waals surface area contributed by atoms with Crippen LogP contribution in [0.2, 0.25) is 0 Å². The van der Waals surface area contributed by atoms with Gasteiger partial charge in [0.1, 0.15) is 23.2 Å². The molecule has 0 aliphatic carbocycles. The maximum atomic E-state index is 12.0. The Kier molecular flexibility index (Phi) is 4.45. The number of benzene rings is 1. The number of sulfonamides is 1. The number of primary sulfonamides is 1. The van der Waals surface area contributed by atoms with Crippen LogP contribution in [0.4, 0.5) is 0 Å². The topological polar surface area (TPSA) is 150 Å². The highest BCUT2D eigenvalue weighted by Gasteiger charge is 2.10. The van der Waals surface area contributed by atoms with Crippen molar-refractivity contribution in [3.8, 4) is 23.3 Å². The van der Waals surface area contributed by atoms with Crippen LogP contribution >= 0.6 is 0 Å². The first kappa shape index (κ1) is 18.2. The first-order valence-electron chi connectivity index (χ1n) is 7.50. The summed E-state index contributed by atoms with van der Waals surface area (Å²) in [5, 5.41) is 23.9. The molecular formula is C18H13N3O5S. The normalized spacial score (nSPS) is 12.1. The van der Waals surface area contributed by atoms with Crippen LogP contribution in [0.3, 0.4) is 0 Å². The van der Waals surface area contributed by atoms with Crippen LogP contribution in [-0.4, -0.2) is 18.5 Å². The van der Waals surface area contributed by atoms with Crippen LogP contribution in [0.5, 0.6) is 5.88 Å². The van der Waals surface area contributed by atoms with Crippen molar-refractivity contribution in [3.63, 3.8) is 0 Å². The van der Waals surface area contributed by atoms with Gasteiger partial charge in [-0.1, -0.05) is 6.58 Å². The van der Waals surface area contributed by atoms with E-state index in [4.69, 9.17) is 14.8 Å². The molecule has 0 saturated carbocycles. The molecule has 0 bridgehead atoms. The van der Waals surface area contributed by atoms with Crippen LogP contribution in [0.15, 0.2) is 50.5 Å². The SMILES string of the molecule is C=c1c(C#N)c(O)[nH]c(=O)/c1=C/c1ccc(-c2ccc(S(N)(=O)=O)cc2)o1. The third-order valence-corrected chi connectivity index (χ3v) is 4.76. The lowest BCUT2D eigenvalue weighted by molar-refractivity contribution is 0.448. The monoisotopic (exact) mass is 383 g/mol. The van der Waals surface area contributed by atoms with Crippen molar-refractivity contribution in [3.05, 3.63) is 68.5 Å². The molecule has 0 aliphatic heterocycles. The number of hydrogen-bond acceptors (Lipinski definition) is 6. The summed E-state index contributed by atoms with van der Waals surface area (Å²) in [7, 11) is -3.79. The van der Waals surface area contributed by atoms with Crippen molar-refractivity contribution in [2.24, 2.45) is 5.14 Å². The van der Waals surface area contributed by atoms with Gasteiger partial charge in [0, 0.05) is 10.8 Å². The molecule has 4 N–H and O–H groups in total. The van der Waals surface area contributed by atoms with Crippen LogP contribution in [-0.2, 0) is 10.0 Å². The number of hydrogen-bond donors (Lipinski definition) is 3. The smallest absolute Gasteiger partial charge is 0.258 e. The maximum Gasteiger partial charge on any atom is 0.258 e. The van der Waals surface area contributed by atoms with Crippen molar-refractivity contribution in [2.45, 2.75) is 4.90 Å². The molecule has 27 heavy (non-hydrogen) atoms. The van der Waals surface area contributed by atoms with E-state index in [2.05, 4.69) is 11.6 Å². The molecule has 0 aliphatic rings. The number of nitrogens with two attached hydrogens (primary N) is 1. The summed E-state index contributed by atoms with van der Waals surface area (Å²) in [6.07, 6.45) is 1.39. The minimum atomic E-state index is -3.79. The van der Waals surface area contributed by atoms with E-state index in [0.717, 1.165) is 0 Å². The standard InChI is InChI=1S/C18H13N3O5S/c1-10-14(17(22)21-18(23)15(10)9-19)8-12-4-7-16(26-12)11-2-5-13(6-3-11)27(20,24)25/h2-8,23H,1H2,(H,21,22)(H2,20,24,25)/b14-8+. The van der Waals surface area contributed by atoms with Crippen molar-refractivity contribution in [1.82, 2.24) is 4.98 Å². The predicted molar refractivity (Wildman–Crippen MR) is 97.3 cm³/mol. The molecule has 1 aromatic carbocycles. The summed E-state index contributed by atoms with van der Waals surface area (Å²) in [5.41, 5.74) is -0.146. The molecule has 3 aromatic rings. The van der Waals surface area contributed by atoms with Crippen molar-refractivity contribution >= 4 is 22.7 Å². The van der Waals surface area contributed by atoms with Gasteiger partial charge in [-0.05, 0) is 42.5 Å². The Morgan fingerprint density at radius 2 is 1.89 bits per heavy atom. The summed E-state index contributed by atoms with van der Waals surface area (Å²) in [4.78, 5) is 14.2. The highest BCUT2D eigenvalue weighted by molar-refractivity contribution is 7.89. The van der Waals surface area contributed by atoms with Crippen LogP contribution in [0, 0.1) is 11.3 Å². The molecule has 2 heterocycles. The quantitative estimate of drug-likeness (QED) is 0.584. The van der Waals surface area contributed by atoms with E-state index in [9.17, 15) is 18.3 Å². The van der Waals surface area contributed by atoms with Gasteiger partial charge in [0.15, 0.2) is 0 Å². The van der Waals surface area contributed by atoms with Gasteiger partial charge >= 0.3 is 0 Å². The Bertz CT molecular complexity index is 1340. The maximum absolute atomic E-state index is 12.0. The Labute approximate surface area is 153 Å². The second-order valence-corrected chi connectivity index (χ2v) is 7.16. The minimum Gasteiger partial charge on any atom is -0.494 e. The van der Waals surface area contributed by atoms with E-state index >= 15 is 0 Å². The number of nitrogens with zero attached hydrogens (tertiary/aromatic N) is 1. The lowest BCUT2D eigenvalue weighted by atomic mass is 10.2. The molecule has 0 spiro atoms. The predicted octanol–water partition coefficient (Wildman–Crippen LogP) is 0.0987. The largest absolute Gasteiger partial charge is 0.494 e. The number of aromatic nitrogens is 1. The number of H-pyrrole nitrogens is 1. The van der Waals surface area contributed by atoms with Gasteiger partial charge in [0.25, 0.3) is 5.56 Å². The van der Waals surface area contributed by atoms with Crippen LogP contribution < -0.4 is 21.1 Å². The molecule has 136 valence electrons. The molecule has 0 unspecified atom stereocenters.